The summed E-state index contributed by atoms with van der Waals surface area (Å²) in [6.07, 6.45) is -0.596. The van der Waals surface area contributed by atoms with Crippen LogP contribution in [0.3, 0.4) is 0 Å². The van der Waals surface area contributed by atoms with E-state index in [1.807, 2.05) is 6.92 Å². The lowest BCUT2D eigenvalue weighted by Crippen LogP contribution is -2.26. The molecule has 0 radical (unpaired) electrons. The van der Waals surface area contributed by atoms with E-state index < -0.39 is 6.43 Å². The molecule has 1 aliphatic rings. The van der Waals surface area contributed by atoms with Crippen LogP contribution in [-0.2, 0) is 9.53 Å². The van der Waals surface area contributed by atoms with Crippen molar-refractivity contribution in [3.05, 3.63) is 0 Å². The number of carbonyl (C=O) groups is 1. The van der Waals surface area contributed by atoms with Crippen molar-refractivity contribution in [2.75, 3.05) is 6.61 Å². The van der Waals surface area contributed by atoms with Gasteiger partial charge in [0.25, 0.3) is 6.47 Å². The molecular formula is C9H16F2O2. The molecule has 1 saturated carbocycles. The summed E-state index contributed by atoms with van der Waals surface area (Å²) in [6.45, 7) is 4.68. The second-order valence-corrected chi connectivity index (χ2v) is 3.22. The Morgan fingerprint density at radius 3 is 2.15 bits per heavy atom. The maximum absolute atomic E-state index is 11.7. The van der Waals surface area contributed by atoms with Gasteiger partial charge in [-0.25, -0.2) is 8.78 Å². The predicted molar refractivity (Wildman–Crippen MR) is 45.6 cm³/mol. The van der Waals surface area contributed by atoms with Gasteiger partial charge in [-0.2, -0.15) is 0 Å². The average Bonchev–Trinajstić information content (AvgIpc) is 2.01. The number of alkyl halides is 2. The van der Waals surface area contributed by atoms with Gasteiger partial charge in [0.2, 0.25) is 6.43 Å². The van der Waals surface area contributed by atoms with Gasteiger partial charge in [0.15, 0.2) is 0 Å². The van der Waals surface area contributed by atoms with Gasteiger partial charge in [-0.1, -0.05) is 6.92 Å². The molecule has 0 aliphatic heterocycles. The van der Waals surface area contributed by atoms with Crippen LogP contribution in [-0.4, -0.2) is 19.5 Å². The van der Waals surface area contributed by atoms with Gasteiger partial charge in [-0.05, 0) is 25.7 Å². The summed E-state index contributed by atoms with van der Waals surface area (Å²) in [5.74, 6) is 0.277. The minimum absolute atomic E-state index is 0.273. The van der Waals surface area contributed by atoms with Crippen molar-refractivity contribution >= 4 is 6.47 Å². The molecule has 0 bridgehead atoms. The van der Waals surface area contributed by atoms with Crippen molar-refractivity contribution in [1.29, 1.82) is 0 Å². The lowest BCUT2D eigenvalue weighted by atomic mass is 9.76. The highest BCUT2D eigenvalue weighted by Gasteiger charge is 2.32. The number of rotatable bonds is 3. The van der Waals surface area contributed by atoms with E-state index in [1.54, 1.807) is 6.92 Å². The Bertz CT molecular complexity index is 134. The summed E-state index contributed by atoms with van der Waals surface area (Å²) in [5, 5.41) is 0. The standard InChI is InChI=1S/C6H10F2.C3H6O2/c1-4-2-5(3-4)6(7)8;1-2-5-3-4/h4-6H,2-3H2,1H3;3H,2H2,1H3. The first kappa shape index (κ1) is 12.3. The van der Waals surface area contributed by atoms with Gasteiger partial charge in [-0.15, -0.1) is 0 Å². The largest absolute Gasteiger partial charge is 0.468 e. The Morgan fingerprint density at radius 2 is 2.08 bits per heavy atom. The van der Waals surface area contributed by atoms with E-state index in [-0.39, 0.29) is 5.92 Å². The first-order valence-electron chi connectivity index (χ1n) is 4.45. The topological polar surface area (TPSA) is 26.3 Å². The molecule has 0 amide bonds. The van der Waals surface area contributed by atoms with Gasteiger partial charge in [0, 0.05) is 5.92 Å². The minimum Gasteiger partial charge on any atom is -0.468 e. The normalized spacial score (nSPS) is 25.6. The summed E-state index contributed by atoms with van der Waals surface area (Å²) in [5.41, 5.74) is 0. The highest BCUT2D eigenvalue weighted by atomic mass is 19.3. The molecule has 0 saturated heterocycles. The quantitative estimate of drug-likeness (QED) is 0.645. The van der Waals surface area contributed by atoms with E-state index in [0.29, 0.717) is 19.0 Å². The van der Waals surface area contributed by atoms with Crippen molar-refractivity contribution in [3.63, 3.8) is 0 Å². The van der Waals surface area contributed by atoms with Crippen molar-refractivity contribution in [2.45, 2.75) is 33.1 Å². The summed E-state index contributed by atoms with van der Waals surface area (Å²) in [4.78, 5) is 9.18. The lowest BCUT2D eigenvalue weighted by Gasteiger charge is -2.31. The van der Waals surface area contributed by atoms with Gasteiger partial charge < -0.3 is 4.74 Å². The smallest absolute Gasteiger partial charge is 0.293 e. The average molecular weight is 194 g/mol. The molecule has 1 fully saturated rings. The van der Waals surface area contributed by atoms with Crippen LogP contribution in [0.25, 0.3) is 0 Å². The van der Waals surface area contributed by atoms with Gasteiger partial charge in [-0.3, -0.25) is 4.79 Å². The second kappa shape index (κ2) is 6.80. The van der Waals surface area contributed by atoms with Crippen LogP contribution in [0, 0.1) is 11.8 Å². The summed E-state index contributed by atoms with van der Waals surface area (Å²) >= 11 is 0. The fourth-order valence-electron chi connectivity index (χ4n) is 1.24. The molecule has 0 aromatic heterocycles. The maximum Gasteiger partial charge on any atom is 0.293 e. The number of hydrogen-bond acceptors (Lipinski definition) is 2. The number of carbonyl (C=O) groups excluding carboxylic acids is 1. The number of halogens is 2. The number of ether oxygens (including phenoxy) is 1. The highest BCUT2D eigenvalue weighted by molar-refractivity contribution is 5.36. The third-order valence-electron chi connectivity index (χ3n) is 2.00. The van der Waals surface area contributed by atoms with Crippen LogP contribution in [0.4, 0.5) is 8.78 Å². The van der Waals surface area contributed by atoms with Crippen LogP contribution >= 0.6 is 0 Å². The molecule has 2 nitrogen and oxygen atoms in total. The van der Waals surface area contributed by atoms with Crippen LogP contribution in [0.5, 0.6) is 0 Å². The van der Waals surface area contributed by atoms with Crippen molar-refractivity contribution in [2.24, 2.45) is 11.8 Å². The molecule has 0 atom stereocenters. The molecule has 0 heterocycles. The van der Waals surface area contributed by atoms with Crippen LogP contribution < -0.4 is 0 Å². The molecule has 0 spiro atoms. The molecule has 78 valence electrons. The van der Waals surface area contributed by atoms with Gasteiger partial charge in [0.1, 0.15) is 0 Å². The van der Waals surface area contributed by atoms with Crippen LogP contribution in [0.15, 0.2) is 0 Å². The monoisotopic (exact) mass is 194 g/mol. The Kier molecular flexibility index (Phi) is 6.45. The molecule has 0 aromatic rings. The van der Waals surface area contributed by atoms with E-state index in [0.717, 1.165) is 12.8 Å². The highest BCUT2D eigenvalue weighted by Crippen LogP contribution is 2.36. The second-order valence-electron chi connectivity index (χ2n) is 3.22. The van der Waals surface area contributed by atoms with E-state index in [4.69, 9.17) is 0 Å². The Labute approximate surface area is 77.3 Å². The Balaban J connectivity index is 0.000000252. The zero-order chi connectivity index (χ0) is 10.3. The Morgan fingerprint density at radius 1 is 1.54 bits per heavy atom. The third kappa shape index (κ3) is 5.55. The zero-order valence-corrected chi connectivity index (χ0v) is 8.00. The Hall–Kier alpha value is -0.670. The third-order valence-corrected chi connectivity index (χ3v) is 2.00. The molecular weight excluding hydrogens is 178 g/mol. The molecule has 1 aliphatic carbocycles. The zero-order valence-electron chi connectivity index (χ0n) is 8.00. The summed E-state index contributed by atoms with van der Waals surface area (Å²) in [7, 11) is 0. The molecule has 0 N–H and O–H groups in total. The van der Waals surface area contributed by atoms with Crippen molar-refractivity contribution in [1.82, 2.24) is 0 Å². The summed E-state index contributed by atoms with van der Waals surface area (Å²) in [6, 6.07) is 0. The number of hydrogen-bond donors (Lipinski definition) is 0. The molecule has 1 rings (SSSR count). The SMILES string of the molecule is CC1CC(C(F)F)C1.CCOC=O. The van der Waals surface area contributed by atoms with Gasteiger partial charge >= 0.3 is 0 Å². The van der Waals surface area contributed by atoms with E-state index in [2.05, 4.69) is 4.74 Å². The minimum atomic E-state index is -2.06. The fraction of sp³-hybridized carbons (Fsp3) is 0.889. The first-order chi connectivity index (χ1) is 6.11. The summed E-state index contributed by atoms with van der Waals surface area (Å²) < 4.78 is 27.5. The molecule has 13 heavy (non-hydrogen) atoms. The predicted octanol–water partition coefficient (Wildman–Crippen LogP) is 2.48. The van der Waals surface area contributed by atoms with E-state index in [9.17, 15) is 13.6 Å². The van der Waals surface area contributed by atoms with Crippen LogP contribution in [0.2, 0.25) is 0 Å². The van der Waals surface area contributed by atoms with Crippen LogP contribution in [0.1, 0.15) is 26.7 Å². The van der Waals surface area contributed by atoms with E-state index >= 15 is 0 Å². The van der Waals surface area contributed by atoms with Crippen molar-refractivity contribution < 1.29 is 18.3 Å². The van der Waals surface area contributed by atoms with Crippen molar-refractivity contribution in [3.8, 4) is 0 Å². The first-order valence-corrected chi connectivity index (χ1v) is 4.45. The van der Waals surface area contributed by atoms with Gasteiger partial charge in [0.05, 0.1) is 6.61 Å². The molecule has 4 heteroatoms. The maximum atomic E-state index is 11.7. The lowest BCUT2D eigenvalue weighted by molar-refractivity contribution is -0.128. The van der Waals surface area contributed by atoms with E-state index in [1.165, 1.54) is 0 Å². The fourth-order valence-corrected chi connectivity index (χ4v) is 1.24. The molecule has 0 aromatic carbocycles. The molecule has 0 unspecified atom stereocenters.